The van der Waals surface area contributed by atoms with Crippen LogP contribution in [0.4, 0.5) is 5.69 Å². The van der Waals surface area contributed by atoms with Crippen LogP contribution in [-0.2, 0) is 0 Å². The van der Waals surface area contributed by atoms with E-state index in [1.807, 2.05) is 25.1 Å². The maximum absolute atomic E-state index is 6.11. The Kier molecular flexibility index (Phi) is 4.46. The fourth-order valence-corrected chi connectivity index (χ4v) is 2.76. The van der Waals surface area contributed by atoms with Gasteiger partial charge in [-0.25, -0.2) is 0 Å². The normalized spacial score (nSPS) is 19.7. The number of halogens is 1. The van der Waals surface area contributed by atoms with Gasteiger partial charge in [0, 0.05) is 23.8 Å². The molecule has 1 heterocycles. The fourth-order valence-electron chi connectivity index (χ4n) is 2.31. The smallest absolute Gasteiger partial charge is 0.173 e. The van der Waals surface area contributed by atoms with Crippen LogP contribution in [0.15, 0.2) is 18.2 Å². The van der Waals surface area contributed by atoms with E-state index >= 15 is 0 Å². The summed E-state index contributed by atoms with van der Waals surface area (Å²) >= 11 is 11.6. The van der Waals surface area contributed by atoms with E-state index in [-0.39, 0.29) is 0 Å². The fraction of sp³-hybridized carbons (Fsp3) is 0.500. The molecule has 2 rings (SSSR count). The largest absolute Gasteiger partial charge is 0.349 e. The minimum atomic E-state index is 0.721. The lowest BCUT2D eigenvalue weighted by molar-refractivity contribution is 0.276. The first kappa shape index (κ1) is 13.6. The first-order valence-corrected chi connectivity index (χ1v) is 7.17. The summed E-state index contributed by atoms with van der Waals surface area (Å²) in [5, 5.41) is 4.90. The van der Waals surface area contributed by atoms with Crippen molar-refractivity contribution in [2.45, 2.75) is 26.7 Å². The van der Waals surface area contributed by atoms with Crippen LogP contribution in [0.2, 0.25) is 5.02 Å². The topological polar surface area (TPSA) is 15.3 Å². The van der Waals surface area contributed by atoms with Crippen LogP contribution in [0.3, 0.4) is 0 Å². The highest BCUT2D eigenvalue weighted by Crippen LogP contribution is 2.24. The number of benzene rings is 1. The minimum absolute atomic E-state index is 0.721. The number of thiocarbonyl (C=S) groups is 1. The Bertz CT molecular complexity index is 447. The summed E-state index contributed by atoms with van der Waals surface area (Å²) in [6, 6.07) is 5.86. The number of piperidine rings is 1. The van der Waals surface area contributed by atoms with Gasteiger partial charge in [-0.15, -0.1) is 0 Å². The Hall–Kier alpha value is -0.800. The van der Waals surface area contributed by atoms with Gasteiger partial charge in [0.05, 0.1) is 0 Å². The second-order valence-electron chi connectivity index (χ2n) is 5.04. The molecule has 0 radical (unpaired) electrons. The van der Waals surface area contributed by atoms with Gasteiger partial charge in [0.1, 0.15) is 0 Å². The number of anilines is 1. The summed E-state index contributed by atoms with van der Waals surface area (Å²) in [4.78, 5) is 2.25. The number of rotatable bonds is 1. The molecule has 1 saturated heterocycles. The third-order valence-electron chi connectivity index (χ3n) is 3.45. The molecule has 1 N–H and O–H groups in total. The van der Waals surface area contributed by atoms with Crippen molar-refractivity contribution >= 4 is 34.6 Å². The third-order valence-corrected chi connectivity index (χ3v) is 4.22. The van der Waals surface area contributed by atoms with Crippen LogP contribution >= 0.6 is 23.8 Å². The van der Waals surface area contributed by atoms with E-state index in [1.54, 1.807) is 0 Å². The molecule has 1 aromatic rings. The zero-order chi connectivity index (χ0) is 13.1. The third kappa shape index (κ3) is 3.15. The highest BCUT2D eigenvalue weighted by atomic mass is 35.5. The van der Waals surface area contributed by atoms with Crippen LogP contribution in [0.25, 0.3) is 0 Å². The lowest BCUT2D eigenvalue weighted by atomic mass is 10.0. The van der Waals surface area contributed by atoms with Gasteiger partial charge in [0.25, 0.3) is 0 Å². The Morgan fingerprint density at radius 1 is 1.50 bits per heavy atom. The molecule has 1 fully saturated rings. The Balaban J connectivity index is 2.04. The minimum Gasteiger partial charge on any atom is -0.349 e. The molecule has 0 spiro atoms. The van der Waals surface area contributed by atoms with E-state index in [9.17, 15) is 0 Å². The van der Waals surface area contributed by atoms with Gasteiger partial charge in [-0.1, -0.05) is 24.6 Å². The summed E-state index contributed by atoms with van der Waals surface area (Å²) in [5.41, 5.74) is 2.05. The number of hydrogen-bond acceptors (Lipinski definition) is 1. The molecule has 0 aliphatic carbocycles. The molecule has 0 saturated carbocycles. The zero-order valence-electron chi connectivity index (χ0n) is 10.9. The van der Waals surface area contributed by atoms with E-state index in [2.05, 4.69) is 17.1 Å². The van der Waals surface area contributed by atoms with Crippen molar-refractivity contribution in [3.63, 3.8) is 0 Å². The molecule has 2 nitrogen and oxygen atoms in total. The lowest BCUT2D eigenvalue weighted by Crippen LogP contribution is -2.41. The number of nitrogens with zero attached hydrogens (tertiary/aromatic N) is 1. The highest BCUT2D eigenvalue weighted by Gasteiger charge is 2.18. The molecule has 1 atom stereocenters. The predicted molar refractivity (Wildman–Crippen MR) is 82.4 cm³/mol. The Labute approximate surface area is 119 Å². The summed E-state index contributed by atoms with van der Waals surface area (Å²) < 4.78 is 0. The van der Waals surface area contributed by atoms with Crippen LogP contribution in [0.5, 0.6) is 0 Å². The van der Waals surface area contributed by atoms with E-state index in [0.717, 1.165) is 40.4 Å². The molecule has 4 heteroatoms. The zero-order valence-corrected chi connectivity index (χ0v) is 12.4. The van der Waals surface area contributed by atoms with Gasteiger partial charge in [-0.2, -0.15) is 0 Å². The van der Waals surface area contributed by atoms with Gasteiger partial charge in [-0.05, 0) is 55.6 Å². The molecule has 18 heavy (non-hydrogen) atoms. The SMILES string of the molecule is Cc1c(Cl)cccc1NC(=S)N1CCC[C@H](C)C1. The van der Waals surface area contributed by atoms with E-state index in [4.69, 9.17) is 23.8 Å². The van der Waals surface area contributed by atoms with Crippen LogP contribution in [0.1, 0.15) is 25.3 Å². The predicted octanol–water partition coefficient (Wildman–Crippen LogP) is 4.08. The monoisotopic (exact) mass is 282 g/mol. The van der Waals surface area contributed by atoms with Crippen molar-refractivity contribution in [1.82, 2.24) is 4.90 Å². The molecule has 1 aliphatic heterocycles. The molecule has 98 valence electrons. The molecule has 1 aromatic carbocycles. The van der Waals surface area contributed by atoms with Crippen molar-refractivity contribution in [3.05, 3.63) is 28.8 Å². The van der Waals surface area contributed by atoms with Gasteiger partial charge in [0.2, 0.25) is 0 Å². The van der Waals surface area contributed by atoms with Gasteiger partial charge in [-0.3, -0.25) is 0 Å². The molecular weight excluding hydrogens is 264 g/mol. The van der Waals surface area contributed by atoms with Crippen LogP contribution < -0.4 is 5.32 Å². The summed E-state index contributed by atoms with van der Waals surface area (Å²) in [6.45, 7) is 6.38. The molecule has 0 aromatic heterocycles. The number of hydrogen-bond donors (Lipinski definition) is 1. The van der Waals surface area contributed by atoms with Gasteiger partial charge < -0.3 is 10.2 Å². The van der Waals surface area contributed by atoms with Crippen molar-refractivity contribution < 1.29 is 0 Å². The maximum atomic E-state index is 6.11. The van der Waals surface area contributed by atoms with E-state index < -0.39 is 0 Å². The average molecular weight is 283 g/mol. The lowest BCUT2D eigenvalue weighted by Gasteiger charge is -2.33. The average Bonchev–Trinajstić information content (AvgIpc) is 2.35. The molecule has 0 bridgehead atoms. The van der Waals surface area contributed by atoms with E-state index in [1.165, 1.54) is 12.8 Å². The van der Waals surface area contributed by atoms with Gasteiger partial charge in [0.15, 0.2) is 5.11 Å². The first-order valence-electron chi connectivity index (χ1n) is 6.39. The Morgan fingerprint density at radius 2 is 2.28 bits per heavy atom. The summed E-state index contributed by atoms with van der Waals surface area (Å²) in [5.74, 6) is 0.721. The standard InChI is InChI=1S/C14H19ClN2S/c1-10-5-4-8-17(9-10)14(18)16-13-7-3-6-12(15)11(13)2/h3,6-7,10H,4-5,8-9H2,1-2H3,(H,16,18)/t10-/m0/s1. The summed E-state index contributed by atoms with van der Waals surface area (Å²) in [7, 11) is 0. The second kappa shape index (κ2) is 5.89. The quantitative estimate of drug-likeness (QED) is 0.782. The molecular formula is C14H19ClN2S. The van der Waals surface area contributed by atoms with Crippen LogP contribution in [0, 0.1) is 12.8 Å². The molecule has 1 aliphatic rings. The van der Waals surface area contributed by atoms with Crippen LogP contribution in [-0.4, -0.2) is 23.1 Å². The molecule has 0 amide bonds. The maximum Gasteiger partial charge on any atom is 0.173 e. The van der Waals surface area contributed by atoms with Gasteiger partial charge >= 0.3 is 0 Å². The van der Waals surface area contributed by atoms with E-state index in [0.29, 0.717) is 0 Å². The Morgan fingerprint density at radius 3 is 3.00 bits per heavy atom. The summed E-state index contributed by atoms with van der Waals surface area (Å²) in [6.07, 6.45) is 2.52. The molecule has 0 unspecified atom stereocenters. The van der Waals surface area contributed by atoms with Crippen molar-refractivity contribution in [2.24, 2.45) is 5.92 Å². The van der Waals surface area contributed by atoms with Crippen molar-refractivity contribution in [2.75, 3.05) is 18.4 Å². The van der Waals surface area contributed by atoms with Crippen molar-refractivity contribution in [3.8, 4) is 0 Å². The second-order valence-corrected chi connectivity index (χ2v) is 5.83. The number of nitrogens with one attached hydrogen (secondary N) is 1. The number of likely N-dealkylation sites (tertiary alicyclic amines) is 1. The first-order chi connectivity index (χ1) is 8.58. The highest BCUT2D eigenvalue weighted by molar-refractivity contribution is 7.80. The van der Waals surface area contributed by atoms with Crippen molar-refractivity contribution in [1.29, 1.82) is 0 Å².